The Morgan fingerprint density at radius 3 is 2.53 bits per heavy atom. The summed E-state index contributed by atoms with van der Waals surface area (Å²) in [4.78, 5) is 13.7. The average Bonchev–Trinajstić information content (AvgIpc) is 2.39. The van der Waals surface area contributed by atoms with Crippen LogP contribution < -0.4 is 0 Å². The van der Waals surface area contributed by atoms with Crippen molar-refractivity contribution in [1.82, 2.24) is 4.90 Å². The van der Waals surface area contributed by atoms with E-state index < -0.39 is 5.60 Å². The minimum Gasteiger partial charge on any atom is -0.444 e. The second-order valence-corrected chi connectivity index (χ2v) is 6.29. The Morgan fingerprint density at radius 1 is 1.35 bits per heavy atom. The predicted molar refractivity (Wildman–Crippen MR) is 66.9 cm³/mol. The molecule has 1 fully saturated rings. The van der Waals surface area contributed by atoms with Crippen LogP contribution >= 0.6 is 0 Å². The summed E-state index contributed by atoms with van der Waals surface area (Å²) in [6.07, 6.45) is 2.49. The van der Waals surface area contributed by atoms with Crippen molar-refractivity contribution in [2.45, 2.75) is 52.6 Å². The fourth-order valence-electron chi connectivity index (χ4n) is 2.01. The monoisotopic (exact) mass is 243 g/mol. The second-order valence-electron chi connectivity index (χ2n) is 6.29. The molecule has 1 aliphatic rings. The third-order valence-corrected chi connectivity index (χ3v) is 3.23. The minimum atomic E-state index is -0.441. The first-order chi connectivity index (χ1) is 7.76. The number of ether oxygens (including phenoxy) is 1. The molecule has 1 rings (SSSR count). The lowest BCUT2D eigenvalue weighted by Crippen LogP contribution is -2.37. The van der Waals surface area contributed by atoms with Crippen molar-refractivity contribution >= 4 is 6.09 Å². The predicted octanol–water partition coefficient (Wildman–Crippen LogP) is 2.41. The molecule has 4 heteroatoms. The van der Waals surface area contributed by atoms with E-state index in [1.54, 1.807) is 4.90 Å². The highest BCUT2D eigenvalue weighted by molar-refractivity contribution is 5.68. The highest BCUT2D eigenvalue weighted by Gasteiger charge is 2.30. The molecule has 0 aromatic rings. The van der Waals surface area contributed by atoms with E-state index in [0.717, 1.165) is 25.8 Å². The molecule has 4 nitrogen and oxygen atoms in total. The number of rotatable bonds is 1. The fraction of sp³-hybridized carbons (Fsp3) is 0.923. The summed E-state index contributed by atoms with van der Waals surface area (Å²) in [5.41, 5.74) is -0.486. The van der Waals surface area contributed by atoms with Crippen LogP contribution in [0.15, 0.2) is 0 Å². The van der Waals surface area contributed by atoms with Gasteiger partial charge in [0.25, 0.3) is 0 Å². The largest absolute Gasteiger partial charge is 0.444 e. The van der Waals surface area contributed by atoms with Gasteiger partial charge in [0.2, 0.25) is 0 Å². The lowest BCUT2D eigenvalue weighted by Gasteiger charge is -2.27. The van der Waals surface area contributed by atoms with Gasteiger partial charge in [0.1, 0.15) is 5.60 Å². The molecule has 1 heterocycles. The Bertz CT molecular complexity index is 272. The number of aliphatic hydroxyl groups is 1. The lowest BCUT2D eigenvalue weighted by molar-refractivity contribution is 0.0246. The highest BCUT2D eigenvalue weighted by atomic mass is 16.6. The van der Waals surface area contributed by atoms with Crippen LogP contribution in [0.5, 0.6) is 0 Å². The lowest BCUT2D eigenvalue weighted by atomic mass is 9.84. The summed E-state index contributed by atoms with van der Waals surface area (Å²) in [6.45, 7) is 9.29. The van der Waals surface area contributed by atoms with E-state index in [1.807, 2.05) is 20.8 Å². The standard InChI is InChI=1S/C13H25NO3/c1-12(2,3)17-11(16)14-8-5-6-13(4,10-15)7-9-14/h15H,5-10H2,1-4H3/t13-/m0/s1. The Kier molecular flexibility index (Phi) is 4.42. The zero-order valence-electron chi connectivity index (χ0n) is 11.5. The SMILES string of the molecule is CC(C)(C)OC(=O)N1CCC[C@](C)(CO)CC1. The Hall–Kier alpha value is -0.770. The van der Waals surface area contributed by atoms with Gasteiger partial charge in [-0.3, -0.25) is 0 Å². The van der Waals surface area contributed by atoms with Crippen molar-refractivity contribution in [2.24, 2.45) is 5.41 Å². The van der Waals surface area contributed by atoms with Crippen molar-refractivity contribution < 1.29 is 14.6 Å². The van der Waals surface area contributed by atoms with Gasteiger partial charge in [0.05, 0.1) is 0 Å². The van der Waals surface area contributed by atoms with Gasteiger partial charge in [-0.2, -0.15) is 0 Å². The third kappa shape index (κ3) is 4.54. The quantitative estimate of drug-likeness (QED) is 0.769. The number of carbonyl (C=O) groups is 1. The Balaban J connectivity index is 2.54. The first kappa shape index (κ1) is 14.3. The van der Waals surface area contributed by atoms with Crippen molar-refractivity contribution in [3.8, 4) is 0 Å². The number of hydrogen-bond acceptors (Lipinski definition) is 3. The van der Waals surface area contributed by atoms with E-state index in [-0.39, 0.29) is 18.1 Å². The summed E-state index contributed by atoms with van der Waals surface area (Å²) in [5, 5.41) is 9.35. The molecule has 1 amide bonds. The summed E-state index contributed by atoms with van der Waals surface area (Å²) in [5.74, 6) is 0. The fourth-order valence-corrected chi connectivity index (χ4v) is 2.01. The van der Waals surface area contributed by atoms with Crippen LogP contribution in [0.3, 0.4) is 0 Å². The molecular formula is C13H25NO3. The van der Waals surface area contributed by atoms with Crippen molar-refractivity contribution in [3.63, 3.8) is 0 Å². The van der Waals surface area contributed by atoms with Gasteiger partial charge in [-0.1, -0.05) is 6.92 Å². The van der Waals surface area contributed by atoms with E-state index in [2.05, 4.69) is 6.92 Å². The molecule has 1 atom stereocenters. The zero-order chi connectivity index (χ0) is 13.1. The van der Waals surface area contributed by atoms with Gasteiger partial charge >= 0.3 is 6.09 Å². The van der Waals surface area contributed by atoms with Gasteiger partial charge in [0.15, 0.2) is 0 Å². The third-order valence-electron chi connectivity index (χ3n) is 3.23. The van der Waals surface area contributed by atoms with Crippen LogP contribution in [0.25, 0.3) is 0 Å². The Morgan fingerprint density at radius 2 is 2.00 bits per heavy atom. The first-order valence-corrected chi connectivity index (χ1v) is 6.35. The van der Waals surface area contributed by atoms with E-state index in [1.165, 1.54) is 0 Å². The van der Waals surface area contributed by atoms with Crippen molar-refractivity contribution in [1.29, 1.82) is 0 Å². The van der Waals surface area contributed by atoms with E-state index in [0.29, 0.717) is 6.54 Å². The van der Waals surface area contributed by atoms with Gasteiger partial charge in [0, 0.05) is 19.7 Å². The zero-order valence-corrected chi connectivity index (χ0v) is 11.5. The molecule has 0 bridgehead atoms. The summed E-state index contributed by atoms with van der Waals surface area (Å²) in [7, 11) is 0. The molecule has 17 heavy (non-hydrogen) atoms. The van der Waals surface area contributed by atoms with Crippen LogP contribution in [-0.4, -0.2) is 41.4 Å². The molecular weight excluding hydrogens is 218 g/mol. The van der Waals surface area contributed by atoms with Crippen LogP contribution in [-0.2, 0) is 4.74 Å². The van der Waals surface area contributed by atoms with E-state index in [9.17, 15) is 9.90 Å². The van der Waals surface area contributed by atoms with Gasteiger partial charge in [-0.25, -0.2) is 4.79 Å². The molecule has 0 unspecified atom stereocenters. The van der Waals surface area contributed by atoms with Crippen molar-refractivity contribution in [3.05, 3.63) is 0 Å². The molecule has 1 N–H and O–H groups in total. The van der Waals surface area contributed by atoms with Crippen molar-refractivity contribution in [2.75, 3.05) is 19.7 Å². The first-order valence-electron chi connectivity index (χ1n) is 6.35. The maximum absolute atomic E-state index is 11.9. The van der Waals surface area contributed by atoms with Crippen LogP contribution in [0.1, 0.15) is 47.0 Å². The summed E-state index contributed by atoms with van der Waals surface area (Å²) < 4.78 is 5.36. The van der Waals surface area contributed by atoms with Crippen LogP contribution in [0.4, 0.5) is 4.79 Å². The smallest absolute Gasteiger partial charge is 0.410 e. The normalized spacial score (nSPS) is 26.5. The molecule has 0 aliphatic carbocycles. The molecule has 0 aromatic carbocycles. The molecule has 1 saturated heterocycles. The summed E-state index contributed by atoms with van der Waals surface area (Å²) >= 11 is 0. The minimum absolute atomic E-state index is 0.0449. The maximum Gasteiger partial charge on any atom is 0.410 e. The summed E-state index contributed by atoms with van der Waals surface area (Å²) in [6, 6.07) is 0. The molecule has 100 valence electrons. The number of likely N-dealkylation sites (tertiary alicyclic amines) is 1. The van der Waals surface area contributed by atoms with Gasteiger partial charge in [-0.05, 0) is 45.4 Å². The number of carbonyl (C=O) groups excluding carboxylic acids is 1. The number of amides is 1. The maximum atomic E-state index is 11.9. The molecule has 0 aromatic heterocycles. The number of aliphatic hydroxyl groups excluding tert-OH is 1. The van der Waals surface area contributed by atoms with Crippen LogP contribution in [0, 0.1) is 5.41 Å². The molecule has 0 radical (unpaired) electrons. The highest BCUT2D eigenvalue weighted by Crippen LogP contribution is 2.30. The number of hydrogen-bond donors (Lipinski definition) is 1. The molecule has 1 aliphatic heterocycles. The van der Waals surface area contributed by atoms with E-state index >= 15 is 0 Å². The Labute approximate surface area is 104 Å². The van der Waals surface area contributed by atoms with Gasteiger partial charge < -0.3 is 14.7 Å². The topological polar surface area (TPSA) is 49.8 Å². The second kappa shape index (κ2) is 5.25. The number of nitrogens with zero attached hydrogens (tertiary/aromatic N) is 1. The van der Waals surface area contributed by atoms with E-state index in [4.69, 9.17) is 4.74 Å². The van der Waals surface area contributed by atoms with Gasteiger partial charge in [-0.15, -0.1) is 0 Å². The molecule has 0 saturated carbocycles. The molecule has 0 spiro atoms. The van der Waals surface area contributed by atoms with Crippen LogP contribution in [0.2, 0.25) is 0 Å². The average molecular weight is 243 g/mol.